The number of carbonyl (C=O) groups is 1. The van der Waals surface area contributed by atoms with Gasteiger partial charge in [-0.05, 0) is 12.1 Å². The number of nitrogens with zero attached hydrogens (tertiary/aromatic N) is 2. The molecule has 1 aromatic carbocycles. The maximum absolute atomic E-state index is 11.9. The normalized spacial score (nSPS) is 10.5. The van der Waals surface area contributed by atoms with Crippen molar-refractivity contribution in [1.82, 2.24) is 9.97 Å². The minimum absolute atomic E-state index is 0.0796. The van der Waals surface area contributed by atoms with Crippen molar-refractivity contribution < 1.29 is 4.79 Å². The summed E-state index contributed by atoms with van der Waals surface area (Å²) in [6.07, 6.45) is 2.01. The number of pyridine rings is 1. The number of hydrogen-bond donors (Lipinski definition) is 1. The quantitative estimate of drug-likeness (QED) is 0.795. The lowest BCUT2D eigenvalue weighted by Gasteiger charge is -2.07. The number of nitrogens with one attached hydrogen (secondary N) is 1. The first-order valence-electron chi connectivity index (χ1n) is 5.83. The first-order chi connectivity index (χ1) is 9.33. The van der Waals surface area contributed by atoms with Gasteiger partial charge < -0.3 is 5.32 Å². The Balaban J connectivity index is 1.83. The number of carbonyl (C=O) groups excluding carboxylic acids is 1. The summed E-state index contributed by atoms with van der Waals surface area (Å²) in [7, 11) is 0. The Morgan fingerprint density at radius 2 is 2.11 bits per heavy atom. The van der Waals surface area contributed by atoms with Crippen molar-refractivity contribution in [2.45, 2.75) is 6.42 Å². The van der Waals surface area contributed by atoms with Crippen molar-refractivity contribution in [1.29, 1.82) is 0 Å². The molecule has 1 N–H and O–H groups in total. The monoisotopic (exact) mass is 269 g/mol. The number of benzene rings is 1. The molecule has 0 bridgehead atoms. The standard InChI is InChI=1S/C14H11N3OS/c18-13(7-11-8-19-9-16-11)17-12-5-1-3-10-4-2-6-15-14(10)12/h1-6,8-9H,7H2,(H,17,18). The molecule has 0 aliphatic carbocycles. The SMILES string of the molecule is O=C(Cc1cscn1)Nc1cccc2cccnc12. The summed E-state index contributed by atoms with van der Waals surface area (Å²) in [5, 5.41) is 5.77. The Morgan fingerprint density at radius 3 is 2.95 bits per heavy atom. The predicted molar refractivity (Wildman–Crippen MR) is 76.2 cm³/mol. The molecule has 0 atom stereocenters. The first kappa shape index (κ1) is 11.8. The molecule has 19 heavy (non-hydrogen) atoms. The van der Waals surface area contributed by atoms with Crippen LogP contribution in [0.3, 0.4) is 0 Å². The topological polar surface area (TPSA) is 54.9 Å². The van der Waals surface area contributed by atoms with Gasteiger partial charge in [-0.2, -0.15) is 0 Å². The van der Waals surface area contributed by atoms with Gasteiger partial charge in [0.05, 0.1) is 28.8 Å². The van der Waals surface area contributed by atoms with Crippen molar-refractivity contribution in [3.8, 4) is 0 Å². The molecule has 0 saturated carbocycles. The van der Waals surface area contributed by atoms with Gasteiger partial charge in [-0.3, -0.25) is 9.78 Å². The van der Waals surface area contributed by atoms with Crippen LogP contribution in [-0.4, -0.2) is 15.9 Å². The summed E-state index contributed by atoms with van der Waals surface area (Å²) < 4.78 is 0. The molecule has 0 radical (unpaired) electrons. The van der Waals surface area contributed by atoms with Crippen molar-refractivity contribution in [3.05, 3.63) is 53.1 Å². The molecule has 0 fully saturated rings. The van der Waals surface area contributed by atoms with Gasteiger partial charge in [0.15, 0.2) is 0 Å². The van der Waals surface area contributed by atoms with Gasteiger partial charge in [0.1, 0.15) is 0 Å². The molecule has 0 unspecified atom stereocenters. The molecule has 0 aliphatic rings. The zero-order valence-electron chi connectivity index (χ0n) is 10.0. The average Bonchev–Trinajstić information content (AvgIpc) is 2.92. The highest BCUT2D eigenvalue weighted by atomic mass is 32.1. The number of hydrogen-bond acceptors (Lipinski definition) is 4. The number of para-hydroxylation sites is 1. The van der Waals surface area contributed by atoms with Crippen LogP contribution >= 0.6 is 11.3 Å². The van der Waals surface area contributed by atoms with E-state index in [1.807, 2.05) is 35.7 Å². The van der Waals surface area contributed by atoms with E-state index in [9.17, 15) is 4.79 Å². The lowest BCUT2D eigenvalue weighted by Crippen LogP contribution is -2.14. The fourth-order valence-corrected chi connectivity index (χ4v) is 2.45. The molecular weight excluding hydrogens is 258 g/mol. The van der Waals surface area contributed by atoms with Crippen LogP contribution in [0.15, 0.2) is 47.4 Å². The molecule has 0 saturated heterocycles. The van der Waals surface area contributed by atoms with Gasteiger partial charge in [-0.1, -0.05) is 18.2 Å². The molecule has 5 heteroatoms. The molecule has 3 aromatic rings. The lowest BCUT2D eigenvalue weighted by molar-refractivity contribution is -0.115. The maximum atomic E-state index is 11.9. The van der Waals surface area contributed by atoms with Gasteiger partial charge in [0.2, 0.25) is 5.91 Å². The zero-order valence-corrected chi connectivity index (χ0v) is 10.9. The van der Waals surface area contributed by atoms with E-state index in [0.29, 0.717) is 0 Å². The van der Waals surface area contributed by atoms with Crippen LogP contribution in [0.5, 0.6) is 0 Å². The van der Waals surface area contributed by atoms with Crippen molar-refractivity contribution >= 4 is 33.8 Å². The Morgan fingerprint density at radius 1 is 1.21 bits per heavy atom. The Bertz CT molecular complexity index is 704. The predicted octanol–water partition coefficient (Wildman–Crippen LogP) is 2.87. The van der Waals surface area contributed by atoms with Crippen molar-refractivity contribution in [2.75, 3.05) is 5.32 Å². The second-order valence-corrected chi connectivity index (χ2v) is 4.80. The molecule has 4 nitrogen and oxygen atoms in total. The molecule has 0 spiro atoms. The summed E-state index contributed by atoms with van der Waals surface area (Å²) in [5.74, 6) is -0.0796. The van der Waals surface area contributed by atoms with Gasteiger partial charge in [-0.25, -0.2) is 4.98 Å². The van der Waals surface area contributed by atoms with E-state index in [-0.39, 0.29) is 12.3 Å². The minimum Gasteiger partial charge on any atom is -0.324 e. The van der Waals surface area contributed by atoms with Crippen molar-refractivity contribution in [3.63, 3.8) is 0 Å². The smallest absolute Gasteiger partial charge is 0.230 e. The third kappa shape index (κ3) is 2.61. The van der Waals surface area contributed by atoms with E-state index in [1.54, 1.807) is 11.7 Å². The van der Waals surface area contributed by atoms with Gasteiger partial charge in [-0.15, -0.1) is 11.3 Å². The van der Waals surface area contributed by atoms with Gasteiger partial charge in [0.25, 0.3) is 0 Å². The Labute approximate surface area is 114 Å². The second-order valence-electron chi connectivity index (χ2n) is 4.09. The number of thiazole rings is 1. The van der Waals surface area contributed by atoms with Gasteiger partial charge >= 0.3 is 0 Å². The maximum Gasteiger partial charge on any atom is 0.230 e. The number of fused-ring (bicyclic) bond motifs is 1. The molecule has 1 amide bonds. The highest BCUT2D eigenvalue weighted by Crippen LogP contribution is 2.20. The number of aromatic nitrogens is 2. The molecule has 0 aliphatic heterocycles. The molecule has 3 rings (SSSR count). The van der Waals surface area contributed by atoms with E-state index in [2.05, 4.69) is 15.3 Å². The highest BCUT2D eigenvalue weighted by Gasteiger charge is 2.08. The summed E-state index contributed by atoms with van der Waals surface area (Å²) in [6, 6.07) is 9.58. The zero-order chi connectivity index (χ0) is 13.1. The molecular formula is C14H11N3OS. The van der Waals surface area contributed by atoms with Crippen LogP contribution in [0.1, 0.15) is 5.69 Å². The summed E-state index contributed by atoms with van der Waals surface area (Å²) in [6.45, 7) is 0. The number of rotatable bonds is 3. The van der Waals surface area contributed by atoms with Crippen LogP contribution in [-0.2, 0) is 11.2 Å². The van der Waals surface area contributed by atoms with E-state index < -0.39 is 0 Å². The van der Waals surface area contributed by atoms with E-state index in [1.165, 1.54) is 11.3 Å². The van der Waals surface area contributed by atoms with E-state index in [4.69, 9.17) is 0 Å². The third-order valence-corrected chi connectivity index (χ3v) is 3.37. The average molecular weight is 269 g/mol. The summed E-state index contributed by atoms with van der Waals surface area (Å²) in [5.41, 5.74) is 4.05. The molecule has 94 valence electrons. The van der Waals surface area contributed by atoms with E-state index in [0.717, 1.165) is 22.3 Å². The molecule has 2 aromatic heterocycles. The lowest BCUT2D eigenvalue weighted by atomic mass is 10.2. The summed E-state index contributed by atoms with van der Waals surface area (Å²) in [4.78, 5) is 20.4. The number of anilines is 1. The fourth-order valence-electron chi connectivity index (χ4n) is 1.89. The van der Waals surface area contributed by atoms with Crippen molar-refractivity contribution in [2.24, 2.45) is 0 Å². The van der Waals surface area contributed by atoms with Gasteiger partial charge in [0, 0.05) is 17.0 Å². The minimum atomic E-state index is -0.0796. The van der Waals surface area contributed by atoms with E-state index >= 15 is 0 Å². The largest absolute Gasteiger partial charge is 0.324 e. The number of amides is 1. The van der Waals surface area contributed by atoms with Crippen LogP contribution < -0.4 is 5.32 Å². The third-order valence-electron chi connectivity index (χ3n) is 2.73. The highest BCUT2D eigenvalue weighted by molar-refractivity contribution is 7.07. The Hall–Kier alpha value is -2.27. The molecule has 2 heterocycles. The van der Waals surface area contributed by atoms with Crippen LogP contribution in [0.25, 0.3) is 10.9 Å². The fraction of sp³-hybridized carbons (Fsp3) is 0.0714. The Kier molecular flexibility index (Phi) is 3.20. The second kappa shape index (κ2) is 5.16. The first-order valence-corrected chi connectivity index (χ1v) is 6.78. The summed E-state index contributed by atoms with van der Waals surface area (Å²) >= 11 is 1.49. The van der Waals surface area contributed by atoms with Crippen LogP contribution in [0.4, 0.5) is 5.69 Å². The van der Waals surface area contributed by atoms with Crippen LogP contribution in [0.2, 0.25) is 0 Å². The van der Waals surface area contributed by atoms with Crippen LogP contribution in [0, 0.1) is 0 Å².